The fourth-order valence-electron chi connectivity index (χ4n) is 8.19. The first-order valence-corrected chi connectivity index (χ1v) is 25.6. The molecule has 1 saturated heterocycles. The van der Waals surface area contributed by atoms with Crippen molar-refractivity contribution in [2.75, 3.05) is 26.2 Å². The summed E-state index contributed by atoms with van der Waals surface area (Å²) in [4.78, 5) is 127. The maximum absolute atomic E-state index is 14.7. The van der Waals surface area contributed by atoms with E-state index >= 15 is 0 Å². The van der Waals surface area contributed by atoms with Gasteiger partial charge in [0.2, 0.25) is 53.2 Å². The van der Waals surface area contributed by atoms with Crippen LogP contribution in [0.5, 0.6) is 0 Å². The van der Waals surface area contributed by atoms with Crippen LogP contribution in [-0.4, -0.2) is 139 Å². The van der Waals surface area contributed by atoms with Crippen molar-refractivity contribution >= 4 is 98.6 Å². The molecule has 21 N–H and O–H groups in total. The zero-order chi connectivity index (χ0) is 55.0. The van der Waals surface area contributed by atoms with Crippen molar-refractivity contribution in [3.8, 4) is 0 Å². The SMILES string of the molecule is CC(=O)N[C@@H](CCCNC(=N)N)C(=O)N[C@H]1CCC(=O)NCCC[C@@H](C(N)=O)NC(=O)[C@H](Cc2c[nH]c3ccccc23)NC(=O)[C@H](CCCNC(=N)N)NC(=O)[C@@H](Cc2ccccc2I)NC(=O)[C@H](CCN)NC1=O. The van der Waals surface area contributed by atoms with Gasteiger partial charge in [0.15, 0.2) is 11.9 Å². The van der Waals surface area contributed by atoms with Crippen LogP contribution in [0, 0.1) is 14.4 Å². The molecule has 1 fully saturated rings. The lowest BCUT2D eigenvalue weighted by atomic mass is 10.0. The minimum absolute atomic E-state index is 0.0159. The summed E-state index contributed by atoms with van der Waals surface area (Å²) in [6, 6.07) is 4.90. The number of halogens is 1. The van der Waals surface area contributed by atoms with Gasteiger partial charge < -0.3 is 81.1 Å². The van der Waals surface area contributed by atoms with E-state index in [-0.39, 0.29) is 109 Å². The summed E-state index contributed by atoms with van der Waals surface area (Å²) in [5.74, 6) is -7.63. The average molecular weight is 1160 g/mol. The fourth-order valence-corrected chi connectivity index (χ4v) is 8.79. The molecule has 0 spiro atoms. The maximum atomic E-state index is 14.7. The van der Waals surface area contributed by atoms with E-state index in [1.807, 2.05) is 18.2 Å². The van der Waals surface area contributed by atoms with Gasteiger partial charge in [-0.25, -0.2) is 0 Å². The highest BCUT2D eigenvalue weighted by Gasteiger charge is 2.35. The van der Waals surface area contributed by atoms with Gasteiger partial charge in [-0.15, -0.1) is 0 Å². The Morgan fingerprint density at radius 1 is 0.720 bits per heavy atom. The Balaban J connectivity index is 1.77. The van der Waals surface area contributed by atoms with Crippen molar-refractivity contribution in [1.82, 2.24) is 58.2 Å². The third kappa shape index (κ3) is 20.3. The molecular weight excluding hydrogens is 1090 g/mol. The molecule has 2 aromatic carbocycles. The lowest BCUT2D eigenvalue weighted by Crippen LogP contribution is -2.60. The molecule has 1 aliphatic heterocycles. The summed E-state index contributed by atoms with van der Waals surface area (Å²) in [5, 5.41) is 42.4. The molecule has 0 radical (unpaired) electrons. The predicted octanol–water partition coefficient (Wildman–Crippen LogP) is -2.98. The van der Waals surface area contributed by atoms with E-state index in [1.54, 1.807) is 36.5 Å². The molecule has 3 aromatic rings. The molecule has 7 atom stereocenters. The zero-order valence-electron chi connectivity index (χ0n) is 41.7. The molecule has 0 saturated carbocycles. The number of carbonyl (C=O) groups is 9. The zero-order valence-corrected chi connectivity index (χ0v) is 43.9. The summed E-state index contributed by atoms with van der Waals surface area (Å²) in [7, 11) is 0. The van der Waals surface area contributed by atoms with Gasteiger partial charge in [-0.05, 0) is 104 Å². The van der Waals surface area contributed by atoms with Crippen LogP contribution in [0.1, 0.15) is 75.8 Å². The number of nitrogens with two attached hydrogens (primary N) is 4. The summed E-state index contributed by atoms with van der Waals surface area (Å²) in [6.07, 6.45) is 1.20. The number of aromatic amines is 1. The Hall–Kier alpha value is -7.56. The number of aromatic nitrogens is 1. The Labute approximate surface area is 447 Å². The molecule has 4 rings (SSSR count). The number of carbonyl (C=O) groups excluding carboxylic acids is 9. The highest BCUT2D eigenvalue weighted by atomic mass is 127. The molecule has 0 bridgehead atoms. The van der Waals surface area contributed by atoms with Crippen LogP contribution in [0.4, 0.5) is 0 Å². The first-order valence-electron chi connectivity index (χ1n) is 24.6. The van der Waals surface area contributed by atoms with Crippen LogP contribution in [-0.2, 0) is 56.0 Å². The first-order chi connectivity index (χ1) is 35.8. The minimum atomic E-state index is -1.47. The van der Waals surface area contributed by atoms with Crippen LogP contribution in [0.25, 0.3) is 10.9 Å². The maximum Gasteiger partial charge on any atom is 0.243 e. The smallest absolute Gasteiger partial charge is 0.243 e. The Morgan fingerprint density at radius 3 is 1.93 bits per heavy atom. The second-order valence-corrected chi connectivity index (χ2v) is 19.1. The fraction of sp³-hybridized carbons (Fsp3) is 0.479. The molecule has 1 aliphatic rings. The number of para-hydroxylation sites is 1. The molecule has 0 unspecified atom stereocenters. The van der Waals surface area contributed by atoms with Gasteiger partial charge in [0.05, 0.1) is 0 Å². The van der Waals surface area contributed by atoms with E-state index in [0.29, 0.717) is 11.1 Å². The Morgan fingerprint density at radius 2 is 1.29 bits per heavy atom. The quantitative estimate of drug-likeness (QED) is 0.0262. The van der Waals surface area contributed by atoms with Gasteiger partial charge >= 0.3 is 0 Å². The van der Waals surface area contributed by atoms with E-state index in [9.17, 15) is 43.2 Å². The third-order valence-electron chi connectivity index (χ3n) is 12.1. The Bertz CT molecular complexity index is 2530. The van der Waals surface area contributed by atoms with Gasteiger partial charge in [-0.3, -0.25) is 54.0 Å². The number of hydrogen-bond acceptors (Lipinski definition) is 12. The normalized spacial score (nSPS) is 21.1. The monoisotopic (exact) mass is 1160 g/mol. The Kier molecular flexibility index (Phi) is 24.5. The molecule has 26 nitrogen and oxygen atoms in total. The molecule has 2 heterocycles. The van der Waals surface area contributed by atoms with Gasteiger partial charge in [-0.2, -0.15) is 0 Å². The highest BCUT2D eigenvalue weighted by Crippen LogP contribution is 2.20. The van der Waals surface area contributed by atoms with Crippen LogP contribution in [0.2, 0.25) is 0 Å². The molecular formula is C48H70IN17O9. The highest BCUT2D eigenvalue weighted by molar-refractivity contribution is 14.1. The van der Waals surface area contributed by atoms with Crippen molar-refractivity contribution in [2.45, 2.75) is 120 Å². The molecule has 75 heavy (non-hydrogen) atoms. The molecule has 0 aliphatic carbocycles. The van der Waals surface area contributed by atoms with Gasteiger partial charge in [0.25, 0.3) is 0 Å². The van der Waals surface area contributed by atoms with Gasteiger partial charge in [0.1, 0.15) is 42.3 Å². The molecule has 1 aromatic heterocycles. The number of primary amides is 1. The number of benzene rings is 2. The third-order valence-corrected chi connectivity index (χ3v) is 13.1. The summed E-state index contributed by atoms with van der Waals surface area (Å²) in [6.45, 7) is 1.35. The summed E-state index contributed by atoms with van der Waals surface area (Å²) in [5.41, 5.74) is 24.7. The largest absolute Gasteiger partial charge is 0.370 e. The number of nitrogens with one attached hydrogen (secondary N) is 13. The lowest BCUT2D eigenvalue weighted by Gasteiger charge is -2.28. The number of hydrogen-bond donors (Lipinski definition) is 17. The first kappa shape index (κ1) is 60.0. The number of amides is 9. The van der Waals surface area contributed by atoms with Crippen molar-refractivity contribution in [3.05, 3.63) is 69.4 Å². The van der Waals surface area contributed by atoms with Crippen molar-refractivity contribution < 1.29 is 43.2 Å². The van der Waals surface area contributed by atoms with E-state index in [4.69, 9.17) is 33.8 Å². The predicted molar refractivity (Wildman–Crippen MR) is 287 cm³/mol. The van der Waals surface area contributed by atoms with Crippen LogP contribution in [0.15, 0.2) is 54.7 Å². The van der Waals surface area contributed by atoms with E-state index in [2.05, 4.69) is 80.7 Å². The standard InChI is InChI=1S/C48H70IN17O9/c1-26(67)60-33(14-7-21-57-47(52)53)41(70)63-35-16-17-39(68)56-20-6-13-32(40(51)69)61-45(74)38(24-28-25-59-31-12-5-3-10-29(28)31)66-42(71)34(15-8-22-58-48(54)55)62-46(75)37(23-27-9-2-4-11-30(27)49)65-44(73)36(18-19-50)64-43(35)72/h2-5,9-12,25,32-38,59H,6-8,13-24,50H2,1H3,(H2,51,69)(H,56,68)(H,60,67)(H,61,74)(H,62,75)(H,63,70)(H,64,72)(H,65,73)(H,66,71)(H4,52,53,57)(H4,54,55,58)/t32-,33-,34-,35-,36-,37+,38-/m0/s1. The van der Waals surface area contributed by atoms with Crippen LogP contribution < -0.4 is 76.1 Å². The number of rotatable bonds is 18. The van der Waals surface area contributed by atoms with Crippen LogP contribution in [0.3, 0.4) is 0 Å². The average Bonchev–Trinajstić information content (AvgIpc) is 3.77. The minimum Gasteiger partial charge on any atom is -0.370 e. The van der Waals surface area contributed by atoms with Gasteiger partial charge in [-0.1, -0.05) is 36.4 Å². The van der Waals surface area contributed by atoms with Crippen molar-refractivity contribution in [2.24, 2.45) is 22.9 Å². The second-order valence-electron chi connectivity index (χ2n) is 18.0. The van der Waals surface area contributed by atoms with E-state index in [1.165, 1.54) is 6.92 Å². The van der Waals surface area contributed by atoms with Crippen LogP contribution >= 0.6 is 22.6 Å². The van der Waals surface area contributed by atoms with E-state index in [0.717, 1.165) is 14.5 Å². The topological polar surface area (TPSA) is 441 Å². The van der Waals surface area contributed by atoms with Crippen molar-refractivity contribution in [3.63, 3.8) is 0 Å². The summed E-state index contributed by atoms with van der Waals surface area (Å²) < 4.78 is 0.734. The van der Waals surface area contributed by atoms with Gasteiger partial charge in [0, 0.05) is 66.5 Å². The number of guanidine groups is 2. The van der Waals surface area contributed by atoms with E-state index < -0.39 is 95.5 Å². The summed E-state index contributed by atoms with van der Waals surface area (Å²) >= 11 is 2.07. The number of H-pyrrole nitrogens is 1. The number of fused-ring (bicyclic) bond motifs is 1. The molecule has 9 amide bonds. The van der Waals surface area contributed by atoms with Crippen molar-refractivity contribution in [1.29, 1.82) is 10.8 Å². The second kappa shape index (κ2) is 30.6. The molecule has 27 heteroatoms. The molecule has 408 valence electrons. The lowest BCUT2D eigenvalue weighted by molar-refractivity contribution is -0.136.